The van der Waals surface area contributed by atoms with Crippen LogP contribution in [0.25, 0.3) is 0 Å². The molecule has 0 spiro atoms. The lowest BCUT2D eigenvalue weighted by Crippen LogP contribution is -2.37. The first-order chi connectivity index (χ1) is 9.31. The summed E-state index contributed by atoms with van der Waals surface area (Å²) >= 11 is 3.50. The van der Waals surface area contributed by atoms with Gasteiger partial charge in [0.1, 0.15) is 6.61 Å². The number of benzene rings is 1. The maximum Gasteiger partial charge on any atom is 0.175 e. The number of halogens is 1. The Hall–Kier alpha value is -0.780. The highest BCUT2D eigenvalue weighted by atomic mass is 79.9. The van der Waals surface area contributed by atoms with E-state index in [9.17, 15) is 5.11 Å². The molecule has 4 nitrogen and oxygen atoms in total. The summed E-state index contributed by atoms with van der Waals surface area (Å²) in [4.78, 5) is 0. The Kier molecular flexibility index (Phi) is 6.30. The fourth-order valence-corrected chi connectivity index (χ4v) is 2.21. The van der Waals surface area contributed by atoms with E-state index in [4.69, 9.17) is 9.47 Å². The fraction of sp³-hybridized carbons (Fsp3) is 0.600. The van der Waals surface area contributed by atoms with E-state index in [-0.39, 0.29) is 12.5 Å². The highest BCUT2D eigenvalue weighted by Crippen LogP contribution is 2.37. The highest BCUT2D eigenvalue weighted by Gasteiger charge is 2.27. The molecular formula is C15H24BrNO3. The lowest BCUT2D eigenvalue weighted by Gasteiger charge is -2.28. The van der Waals surface area contributed by atoms with Crippen molar-refractivity contribution in [2.75, 3.05) is 20.8 Å². The van der Waals surface area contributed by atoms with Crippen molar-refractivity contribution in [1.82, 2.24) is 5.32 Å². The van der Waals surface area contributed by atoms with E-state index in [1.54, 1.807) is 14.0 Å². The second-order valence-corrected chi connectivity index (χ2v) is 6.29. The van der Waals surface area contributed by atoms with Crippen LogP contribution >= 0.6 is 15.9 Å². The molecule has 114 valence electrons. The Morgan fingerprint density at radius 1 is 1.40 bits per heavy atom. The van der Waals surface area contributed by atoms with Gasteiger partial charge in [0.15, 0.2) is 11.5 Å². The minimum absolute atomic E-state index is 0.107. The van der Waals surface area contributed by atoms with Crippen LogP contribution in [0.5, 0.6) is 11.5 Å². The smallest absolute Gasteiger partial charge is 0.175 e. The van der Waals surface area contributed by atoms with Crippen molar-refractivity contribution in [1.29, 1.82) is 0 Å². The third-order valence-electron chi connectivity index (χ3n) is 3.42. The van der Waals surface area contributed by atoms with E-state index in [2.05, 4.69) is 21.2 Å². The van der Waals surface area contributed by atoms with Gasteiger partial charge in [0.25, 0.3) is 0 Å². The Labute approximate surface area is 129 Å². The summed E-state index contributed by atoms with van der Waals surface area (Å²) in [7, 11) is 3.50. The van der Waals surface area contributed by atoms with Gasteiger partial charge in [0.05, 0.1) is 17.2 Å². The monoisotopic (exact) mass is 345 g/mol. The van der Waals surface area contributed by atoms with Crippen molar-refractivity contribution in [2.45, 2.75) is 32.9 Å². The van der Waals surface area contributed by atoms with Crippen LogP contribution in [0.3, 0.4) is 0 Å². The minimum Gasteiger partial charge on any atom is -0.493 e. The number of hydrogen-bond donors (Lipinski definition) is 2. The van der Waals surface area contributed by atoms with Gasteiger partial charge in [-0.05, 0) is 53.5 Å². The van der Waals surface area contributed by atoms with Gasteiger partial charge in [-0.15, -0.1) is 0 Å². The van der Waals surface area contributed by atoms with Crippen LogP contribution in [0.2, 0.25) is 0 Å². The molecule has 0 aliphatic heterocycles. The van der Waals surface area contributed by atoms with Crippen molar-refractivity contribution in [3.63, 3.8) is 0 Å². The quantitative estimate of drug-likeness (QED) is 0.797. The molecule has 0 aliphatic carbocycles. The summed E-state index contributed by atoms with van der Waals surface area (Å²) < 4.78 is 12.0. The first-order valence-corrected chi connectivity index (χ1v) is 7.47. The maximum absolute atomic E-state index is 10.3. The second kappa shape index (κ2) is 7.29. The Balaban J connectivity index is 2.95. The molecular weight excluding hydrogens is 322 g/mol. The van der Waals surface area contributed by atoms with Crippen LogP contribution < -0.4 is 14.8 Å². The van der Waals surface area contributed by atoms with E-state index >= 15 is 0 Å². The molecule has 1 aromatic carbocycles. The van der Waals surface area contributed by atoms with E-state index < -0.39 is 5.60 Å². The number of hydrogen-bond acceptors (Lipinski definition) is 4. The van der Waals surface area contributed by atoms with Crippen LogP contribution in [0, 0.1) is 5.92 Å². The van der Waals surface area contributed by atoms with Crippen molar-refractivity contribution in [3.8, 4) is 11.5 Å². The predicted octanol–water partition coefficient (Wildman–Crippen LogP) is 2.96. The molecule has 0 saturated carbocycles. The van der Waals surface area contributed by atoms with Crippen molar-refractivity contribution >= 4 is 15.9 Å². The van der Waals surface area contributed by atoms with Crippen LogP contribution in [-0.2, 0) is 6.54 Å². The zero-order valence-electron chi connectivity index (χ0n) is 12.8. The molecule has 0 fully saturated rings. The van der Waals surface area contributed by atoms with Gasteiger partial charge in [-0.1, -0.05) is 13.8 Å². The third-order valence-corrected chi connectivity index (χ3v) is 4.01. The van der Waals surface area contributed by atoms with Gasteiger partial charge in [0, 0.05) is 6.54 Å². The fourth-order valence-electron chi connectivity index (χ4n) is 1.60. The van der Waals surface area contributed by atoms with Crippen molar-refractivity contribution in [2.24, 2.45) is 5.92 Å². The zero-order chi connectivity index (χ0) is 15.3. The predicted molar refractivity (Wildman–Crippen MR) is 84.4 cm³/mol. The Bertz CT molecular complexity index is 447. The zero-order valence-corrected chi connectivity index (χ0v) is 14.4. The number of methoxy groups -OCH3 is 1. The topological polar surface area (TPSA) is 50.7 Å². The molecule has 0 heterocycles. The van der Waals surface area contributed by atoms with Gasteiger partial charge in [-0.2, -0.15) is 0 Å². The molecule has 0 amide bonds. The lowest BCUT2D eigenvalue weighted by molar-refractivity contribution is -0.0273. The van der Waals surface area contributed by atoms with Gasteiger partial charge >= 0.3 is 0 Å². The molecule has 5 heteroatoms. The number of aliphatic hydroxyl groups is 1. The Morgan fingerprint density at radius 3 is 2.55 bits per heavy atom. The Morgan fingerprint density at radius 2 is 2.05 bits per heavy atom. The number of rotatable bonds is 7. The number of nitrogens with one attached hydrogen (secondary N) is 1. The maximum atomic E-state index is 10.3. The van der Waals surface area contributed by atoms with E-state index in [0.29, 0.717) is 11.5 Å². The standard InChI is InChI=1S/C15H24BrNO3/c1-10(2)15(3,18)9-20-14-12(16)6-11(8-17-4)7-13(14)19-5/h6-7,10,17-18H,8-9H2,1-5H3. The summed E-state index contributed by atoms with van der Waals surface area (Å²) in [6.07, 6.45) is 0. The molecule has 0 aliphatic rings. The van der Waals surface area contributed by atoms with E-state index in [0.717, 1.165) is 16.6 Å². The molecule has 0 aromatic heterocycles. The second-order valence-electron chi connectivity index (χ2n) is 5.44. The largest absolute Gasteiger partial charge is 0.493 e. The molecule has 1 unspecified atom stereocenters. The van der Waals surface area contributed by atoms with Crippen molar-refractivity contribution in [3.05, 3.63) is 22.2 Å². The molecule has 1 atom stereocenters. The number of ether oxygens (including phenoxy) is 2. The average molecular weight is 346 g/mol. The van der Waals surface area contributed by atoms with E-state index in [1.807, 2.05) is 33.0 Å². The molecule has 2 N–H and O–H groups in total. The van der Waals surface area contributed by atoms with Gasteiger partial charge in [-0.3, -0.25) is 0 Å². The summed E-state index contributed by atoms with van der Waals surface area (Å²) in [5.41, 5.74) is 0.216. The van der Waals surface area contributed by atoms with Crippen LogP contribution in [0.1, 0.15) is 26.3 Å². The summed E-state index contributed by atoms with van der Waals surface area (Å²) in [6.45, 7) is 6.66. The van der Waals surface area contributed by atoms with Crippen molar-refractivity contribution < 1.29 is 14.6 Å². The van der Waals surface area contributed by atoms with Gasteiger partial charge in [0.2, 0.25) is 0 Å². The van der Waals surface area contributed by atoms with E-state index in [1.165, 1.54) is 0 Å². The minimum atomic E-state index is -0.881. The first kappa shape index (κ1) is 17.3. The molecule has 0 radical (unpaired) electrons. The lowest BCUT2D eigenvalue weighted by atomic mass is 9.94. The van der Waals surface area contributed by atoms with Gasteiger partial charge < -0.3 is 19.9 Å². The average Bonchev–Trinajstić information content (AvgIpc) is 2.37. The third kappa shape index (κ3) is 4.36. The highest BCUT2D eigenvalue weighted by molar-refractivity contribution is 9.10. The van der Waals surface area contributed by atoms with Crippen LogP contribution in [0.4, 0.5) is 0 Å². The summed E-state index contributed by atoms with van der Waals surface area (Å²) in [5, 5.41) is 13.4. The molecule has 0 saturated heterocycles. The molecule has 20 heavy (non-hydrogen) atoms. The normalized spacial score (nSPS) is 14.2. The summed E-state index contributed by atoms with van der Waals surface area (Å²) in [5.74, 6) is 1.38. The van der Waals surface area contributed by atoms with Gasteiger partial charge in [-0.25, -0.2) is 0 Å². The molecule has 1 rings (SSSR count). The van der Waals surface area contributed by atoms with Crippen LogP contribution in [-0.4, -0.2) is 31.5 Å². The summed E-state index contributed by atoms with van der Waals surface area (Å²) in [6, 6.07) is 3.92. The van der Waals surface area contributed by atoms with Crippen LogP contribution in [0.15, 0.2) is 16.6 Å². The molecule has 0 bridgehead atoms. The first-order valence-electron chi connectivity index (χ1n) is 6.68. The SMILES string of the molecule is CNCc1cc(Br)c(OCC(C)(O)C(C)C)c(OC)c1. The molecule has 1 aromatic rings.